The smallest absolute Gasteiger partial charge is 0.309 e. The third-order valence-electron chi connectivity index (χ3n) is 3.76. The molecule has 5 heteroatoms. The molecular formula is C15H19NO4. The normalized spacial score (nSPS) is 22.3. The predicted molar refractivity (Wildman–Crippen MR) is 73.0 cm³/mol. The van der Waals surface area contributed by atoms with Gasteiger partial charge in [0, 0.05) is 20.1 Å². The Morgan fingerprint density at radius 3 is 2.75 bits per heavy atom. The van der Waals surface area contributed by atoms with Crippen molar-refractivity contribution in [2.75, 3.05) is 13.7 Å². The van der Waals surface area contributed by atoms with Gasteiger partial charge in [-0.2, -0.15) is 0 Å². The molecule has 0 saturated carbocycles. The minimum absolute atomic E-state index is 0.0646. The minimum Gasteiger partial charge on any atom is -0.481 e. The summed E-state index contributed by atoms with van der Waals surface area (Å²) in [6.07, 6.45) is 0.0646. The van der Waals surface area contributed by atoms with E-state index in [0.29, 0.717) is 13.2 Å². The first-order valence-electron chi connectivity index (χ1n) is 6.69. The second-order valence-corrected chi connectivity index (χ2v) is 4.91. The first-order valence-corrected chi connectivity index (χ1v) is 6.69. The van der Waals surface area contributed by atoms with Crippen LogP contribution in [0.15, 0.2) is 24.3 Å². The number of benzene rings is 1. The number of carboxylic acids is 1. The lowest BCUT2D eigenvalue weighted by Gasteiger charge is -2.27. The lowest BCUT2D eigenvalue weighted by molar-refractivity contribution is -0.142. The van der Waals surface area contributed by atoms with Gasteiger partial charge in [-0.1, -0.05) is 24.3 Å². The number of ether oxygens (including phenoxy) is 1. The highest BCUT2D eigenvalue weighted by molar-refractivity contribution is 5.87. The monoisotopic (exact) mass is 277 g/mol. The Balaban J connectivity index is 2.46. The summed E-state index contributed by atoms with van der Waals surface area (Å²) < 4.78 is 5.17. The van der Waals surface area contributed by atoms with E-state index in [1.54, 1.807) is 12.0 Å². The Kier molecular flexibility index (Phi) is 4.39. The average Bonchev–Trinajstić information content (AvgIpc) is 2.76. The van der Waals surface area contributed by atoms with E-state index in [9.17, 15) is 14.7 Å². The molecule has 1 saturated heterocycles. The van der Waals surface area contributed by atoms with E-state index in [-0.39, 0.29) is 12.3 Å². The van der Waals surface area contributed by atoms with E-state index in [4.69, 9.17) is 4.74 Å². The second-order valence-electron chi connectivity index (χ2n) is 4.91. The molecule has 0 aromatic heterocycles. The molecule has 1 fully saturated rings. The van der Waals surface area contributed by atoms with E-state index in [0.717, 1.165) is 11.1 Å². The lowest BCUT2D eigenvalue weighted by atomic mass is 9.90. The number of hydrogen-bond donors (Lipinski definition) is 1. The van der Waals surface area contributed by atoms with Crippen LogP contribution in [0.5, 0.6) is 0 Å². The van der Waals surface area contributed by atoms with Gasteiger partial charge >= 0.3 is 5.97 Å². The van der Waals surface area contributed by atoms with Crippen LogP contribution in [0, 0.1) is 5.92 Å². The van der Waals surface area contributed by atoms with Crippen LogP contribution in [0.3, 0.4) is 0 Å². The van der Waals surface area contributed by atoms with Crippen molar-refractivity contribution in [1.82, 2.24) is 4.90 Å². The Labute approximate surface area is 118 Å². The van der Waals surface area contributed by atoms with Gasteiger partial charge in [-0.15, -0.1) is 0 Å². The summed E-state index contributed by atoms with van der Waals surface area (Å²) >= 11 is 0. The molecule has 1 N–H and O–H groups in total. The highest BCUT2D eigenvalue weighted by Gasteiger charge is 2.44. The highest BCUT2D eigenvalue weighted by Crippen LogP contribution is 2.39. The minimum atomic E-state index is -0.925. The van der Waals surface area contributed by atoms with E-state index in [1.807, 2.05) is 31.2 Å². The maximum absolute atomic E-state index is 12.0. The number of likely N-dealkylation sites (tertiary alicyclic amines) is 1. The molecule has 5 nitrogen and oxygen atoms in total. The van der Waals surface area contributed by atoms with Crippen LogP contribution in [0.1, 0.15) is 30.5 Å². The molecule has 2 rings (SSSR count). The molecule has 1 heterocycles. The standard InChI is InChI=1S/C15H19NO4/c1-3-16-13(17)8-12(15(18)19)14(16)11-7-5-4-6-10(11)9-20-2/h4-7,12,14H,3,8-9H2,1-2H3,(H,18,19). The van der Waals surface area contributed by atoms with Crippen LogP contribution in [0.25, 0.3) is 0 Å². The van der Waals surface area contributed by atoms with Crippen molar-refractivity contribution in [2.45, 2.75) is 26.0 Å². The quantitative estimate of drug-likeness (QED) is 0.891. The van der Waals surface area contributed by atoms with Gasteiger partial charge in [0.15, 0.2) is 0 Å². The number of amides is 1. The van der Waals surface area contributed by atoms with Gasteiger partial charge in [0.25, 0.3) is 0 Å². The van der Waals surface area contributed by atoms with Gasteiger partial charge < -0.3 is 14.7 Å². The van der Waals surface area contributed by atoms with Gasteiger partial charge in [0.1, 0.15) is 0 Å². The number of rotatable bonds is 5. The zero-order valence-corrected chi connectivity index (χ0v) is 11.7. The van der Waals surface area contributed by atoms with Crippen molar-refractivity contribution in [1.29, 1.82) is 0 Å². The third-order valence-corrected chi connectivity index (χ3v) is 3.76. The Morgan fingerprint density at radius 1 is 1.45 bits per heavy atom. The van der Waals surface area contributed by atoms with Gasteiger partial charge in [-0.05, 0) is 18.1 Å². The van der Waals surface area contributed by atoms with Crippen LogP contribution < -0.4 is 0 Å². The van der Waals surface area contributed by atoms with Crippen LogP contribution in [0.4, 0.5) is 0 Å². The van der Waals surface area contributed by atoms with Crippen LogP contribution in [-0.4, -0.2) is 35.5 Å². The fourth-order valence-corrected chi connectivity index (χ4v) is 2.88. The van der Waals surface area contributed by atoms with Crippen molar-refractivity contribution in [3.63, 3.8) is 0 Å². The van der Waals surface area contributed by atoms with E-state index in [1.165, 1.54) is 0 Å². The number of carboxylic acid groups (broad SMARTS) is 1. The molecule has 0 radical (unpaired) electrons. The fraction of sp³-hybridized carbons (Fsp3) is 0.467. The molecule has 0 bridgehead atoms. The molecule has 0 aliphatic carbocycles. The largest absolute Gasteiger partial charge is 0.481 e. The van der Waals surface area contributed by atoms with Gasteiger partial charge in [-0.25, -0.2) is 0 Å². The van der Waals surface area contributed by atoms with E-state index < -0.39 is 17.9 Å². The van der Waals surface area contributed by atoms with E-state index in [2.05, 4.69) is 0 Å². The second kappa shape index (κ2) is 6.05. The molecule has 1 aromatic rings. The van der Waals surface area contributed by atoms with Crippen LogP contribution in [-0.2, 0) is 20.9 Å². The summed E-state index contributed by atoms with van der Waals surface area (Å²) in [5, 5.41) is 9.39. The maximum atomic E-state index is 12.0. The van der Waals surface area contributed by atoms with Crippen LogP contribution in [0.2, 0.25) is 0 Å². The van der Waals surface area contributed by atoms with Crippen LogP contribution >= 0.6 is 0 Å². The SMILES string of the molecule is CCN1C(=O)CC(C(=O)O)C1c1ccccc1COC. The highest BCUT2D eigenvalue weighted by atomic mass is 16.5. The Hall–Kier alpha value is -1.88. The number of carbonyl (C=O) groups is 2. The molecule has 2 unspecified atom stereocenters. The molecule has 20 heavy (non-hydrogen) atoms. The van der Waals surface area contributed by atoms with Crippen molar-refractivity contribution < 1.29 is 19.4 Å². The molecule has 1 aliphatic rings. The third kappa shape index (κ3) is 2.54. The molecule has 2 atom stereocenters. The number of methoxy groups -OCH3 is 1. The molecule has 0 spiro atoms. The first-order chi connectivity index (χ1) is 9.60. The van der Waals surface area contributed by atoms with Gasteiger partial charge in [0.2, 0.25) is 5.91 Å². The fourth-order valence-electron chi connectivity index (χ4n) is 2.88. The summed E-state index contributed by atoms with van der Waals surface area (Å²) in [5.74, 6) is -1.72. The molecule has 1 aliphatic heterocycles. The van der Waals surface area contributed by atoms with Crippen molar-refractivity contribution in [2.24, 2.45) is 5.92 Å². The van der Waals surface area contributed by atoms with Gasteiger partial charge in [-0.3, -0.25) is 9.59 Å². The lowest BCUT2D eigenvalue weighted by Crippen LogP contribution is -2.31. The summed E-state index contributed by atoms with van der Waals surface area (Å²) in [6, 6.07) is 7.14. The summed E-state index contributed by atoms with van der Waals surface area (Å²) in [7, 11) is 1.60. The van der Waals surface area contributed by atoms with Crippen molar-refractivity contribution in [3.8, 4) is 0 Å². The Bertz CT molecular complexity index is 514. The van der Waals surface area contributed by atoms with Crippen molar-refractivity contribution in [3.05, 3.63) is 35.4 Å². The summed E-state index contributed by atoms with van der Waals surface area (Å²) in [6.45, 7) is 2.79. The summed E-state index contributed by atoms with van der Waals surface area (Å²) in [5.41, 5.74) is 1.80. The molecule has 1 aromatic carbocycles. The first kappa shape index (κ1) is 14.5. The van der Waals surface area contributed by atoms with E-state index >= 15 is 0 Å². The zero-order chi connectivity index (χ0) is 14.7. The molecule has 1 amide bonds. The molecule has 108 valence electrons. The molecular weight excluding hydrogens is 258 g/mol. The Morgan fingerprint density at radius 2 is 2.15 bits per heavy atom. The van der Waals surface area contributed by atoms with Crippen molar-refractivity contribution >= 4 is 11.9 Å². The zero-order valence-electron chi connectivity index (χ0n) is 11.7. The average molecular weight is 277 g/mol. The maximum Gasteiger partial charge on any atom is 0.309 e. The number of nitrogens with zero attached hydrogens (tertiary/aromatic N) is 1. The predicted octanol–water partition coefficient (Wildman–Crippen LogP) is 1.83. The number of hydrogen-bond acceptors (Lipinski definition) is 3. The number of aliphatic carboxylic acids is 1. The topological polar surface area (TPSA) is 66.8 Å². The number of carbonyl (C=O) groups excluding carboxylic acids is 1. The summed E-state index contributed by atoms with van der Waals surface area (Å²) in [4.78, 5) is 25.1. The van der Waals surface area contributed by atoms with Gasteiger partial charge in [0.05, 0.1) is 18.6 Å².